The fourth-order valence-corrected chi connectivity index (χ4v) is 3.06. The zero-order valence-electron chi connectivity index (χ0n) is 14.1. The summed E-state index contributed by atoms with van der Waals surface area (Å²) < 4.78 is 7.67. The molecule has 0 aliphatic carbocycles. The van der Waals surface area contributed by atoms with Crippen molar-refractivity contribution in [3.63, 3.8) is 0 Å². The molecule has 0 saturated carbocycles. The van der Waals surface area contributed by atoms with Crippen LogP contribution in [0.1, 0.15) is 21.9 Å². The van der Waals surface area contributed by atoms with Crippen LogP contribution in [0.5, 0.6) is 11.5 Å². The summed E-state index contributed by atoms with van der Waals surface area (Å²) in [4.78, 5) is 20.9. The van der Waals surface area contributed by atoms with Crippen molar-refractivity contribution in [1.82, 2.24) is 19.7 Å². The number of carbonyl (C=O) groups is 1. The molecule has 0 aromatic carbocycles. The van der Waals surface area contributed by atoms with Gasteiger partial charge in [0.25, 0.3) is 5.91 Å². The smallest absolute Gasteiger partial charge is 0.271 e. The van der Waals surface area contributed by atoms with Crippen molar-refractivity contribution < 1.29 is 9.53 Å². The number of primary amides is 1. The van der Waals surface area contributed by atoms with E-state index in [-0.39, 0.29) is 5.69 Å². The third kappa shape index (κ3) is 3.63. The van der Waals surface area contributed by atoms with Gasteiger partial charge in [-0.25, -0.2) is 9.97 Å². The van der Waals surface area contributed by atoms with E-state index in [1.165, 1.54) is 11.8 Å². The van der Waals surface area contributed by atoms with Crippen LogP contribution in [0.3, 0.4) is 0 Å². The van der Waals surface area contributed by atoms with E-state index in [0.29, 0.717) is 11.5 Å². The maximum Gasteiger partial charge on any atom is 0.271 e. The fraction of sp³-hybridized carbons (Fsp3) is 0.176. The van der Waals surface area contributed by atoms with E-state index in [1.54, 1.807) is 23.1 Å². The van der Waals surface area contributed by atoms with Crippen LogP contribution in [0.4, 0.5) is 0 Å². The number of ether oxygens (including phenoxy) is 1. The molecule has 3 heterocycles. The predicted molar refractivity (Wildman–Crippen MR) is 93.9 cm³/mol. The normalized spacial score (nSPS) is 10.7. The molecule has 3 aromatic heterocycles. The number of aryl methyl sites for hydroxylation is 2. The summed E-state index contributed by atoms with van der Waals surface area (Å²) in [5.41, 5.74) is 7.07. The average molecular weight is 355 g/mol. The minimum absolute atomic E-state index is 0.0769. The monoisotopic (exact) mass is 355 g/mol. The number of rotatable bonds is 5. The maximum absolute atomic E-state index is 11.7. The standard InChI is InChI=1S/C17H17N5O2S/c1-10-16(11(2)22(3)21-10)24-13-8-12(9-20-15(13)17(18)23)25-14-6-4-5-7-19-14/h4-9H,1-3H3,(H2,18,23). The molecule has 0 atom stereocenters. The lowest BCUT2D eigenvalue weighted by molar-refractivity contribution is 0.0993. The lowest BCUT2D eigenvalue weighted by atomic mass is 10.3. The molecule has 0 aliphatic heterocycles. The molecule has 3 rings (SSSR count). The van der Waals surface area contributed by atoms with Crippen LogP contribution < -0.4 is 10.5 Å². The molecule has 7 nitrogen and oxygen atoms in total. The quantitative estimate of drug-likeness (QED) is 0.756. The molecular weight excluding hydrogens is 338 g/mol. The number of aromatic nitrogens is 4. The molecule has 1 amide bonds. The second-order valence-corrected chi connectivity index (χ2v) is 6.47. The lowest BCUT2D eigenvalue weighted by Gasteiger charge is -2.10. The minimum Gasteiger partial charge on any atom is -0.451 e. The van der Waals surface area contributed by atoms with Gasteiger partial charge in [-0.2, -0.15) is 5.10 Å². The van der Waals surface area contributed by atoms with Gasteiger partial charge in [0.1, 0.15) is 10.7 Å². The summed E-state index contributed by atoms with van der Waals surface area (Å²) in [6.45, 7) is 3.73. The first-order chi connectivity index (χ1) is 12.0. The van der Waals surface area contributed by atoms with Gasteiger partial charge in [-0.3, -0.25) is 9.48 Å². The van der Waals surface area contributed by atoms with E-state index in [4.69, 9.17) is 10.5 Å². The topological polar surface area (TPSA) is 95.9 Å². The van der Waals surface area contributed by atoms with Crippen molar-refractivity contribution in [3.8, 4) is 11.5 Å². The zero-order valence-corrected chi connectivity index (χ0v) is 14.9. The number of pyridine rings is 2. The molecule has 0 radical (unpaired) electrons. The van der Waals surface area contributed by atoms with Gasteiger partial charge in [0, 0.05) is 24.3 Å². The van der Waals surface area contributed by atoms with E-state index < -0.39 is 5.91 Å². The van der Waals surface area contributed by atoms with Crippen molar-refractivity contribution in [3.05, 3.63) is 53.7 Å². The van der Waals surface area contributed by atoms with Gasteiger partial charge in [-0.15, -0.1) is 0 Å². The Labute approximate surface area is 149 Å². The summed E-state index contributed by atoms with van der Waals surface area (Å²) in [6.07, 6.45) is 3.29. The highest BCUT2D eigenvalue weighted by molar-refractivity contribution is 7.99. The van der Waals surface area contributed by atoms with E-state index in [9.17, 15) is 4.79 Å². The van der Waals surface area contributed by atoms with Gasteiger partial charge in [-0.05, 0) is 32.0 Å². The summed E-state index contributed by atoms with van der Waals surface area (Å²) in [5, 5.41) is 5.13. The Hall–Kier alpha value is -2.87. The molecule has 128 valence electrons. The second-order valence-electron chi connectivity index (χ2n) is 5.38. The van der Waals surface area contributed by atoms with Gasteiger partial charge in [0.05, 0.1) is 5.69 Å². The third-order valence-corrected chi connectivity index (χ3v) is 4.49. The fourth-order valence-electron chi connectivity index (χ4n) is 2.29. The van der Waals surface area contributed by atoms with Crippen molar-refractivity contribution >= 4 is 17.7 Å². The Kier molecular flexibility index (Phi) is 4.71. The highest BCUT2D eigenvalue weighted by atomic mass is 32.2. The molecule has 8 heteroatoms. The van der Waals surface area contributed by atoms with Gasteiger partial charge >= 0.3 is 0 Å². The van der Waals surface area contributed by atoms with Crippen LogP contribution in [0, 0.1) is 13.8 Å². The van der Waals surface area contributed by atoms with E-state index in [0.717, 1.165) is 21.3 Å². The minimum atomic E-state index is -0.649. The summed E-state index contributed by atoms with van der Waals surface area (Å²) in [5.74, 6) is 0.239. The van der Waals surface area contributed by atoms with Crippen LogP contribution in [-0.2, 0) is 7.05 Å². The van der Waals surface area contributed by atoms with Crippen molar-refractivity contribution in [2.75, 3.05) is 0 Å². The highest BCUT2D eigenvalue weighted by Crippen LogP contribution is 2.34. The Balaban J connectivity index is 1.98. The maximum atomic E-state index is 11.7. The van der Waals surface area contributed by atoms with Crippen LogP contribution in [-0.4, -0.2) is 25.7 Å². The van der Waals surface area contributed by atoms with E-state index in [2.05, 4.69) is 15.1 Å². The van der Waals surface area contributed by atoms with Gasteiger partial charge in [-0.1, -0.05) is 17.8 Å². The highest BCUT2D eigenvalue weighted by Gasteiger charge is 2.18. The van der Waals surface area contributed by atoms with Crippen molar-refractivity contribution in [2.45, 2.75) is 23.8 Å². The first-order valence-electron chi connectivity index (χ1n) is 7.52. The molecule has 0 fully saturated rings. The molecule has 0 unspecified atom stereocenters. The number of carbonyl (C=O) groups excluding carboxylic acids is 1. The van der Waals surface area contributed by atoms with Gasteiger partial charge in [0.15, 0.2) is 17.2 Å². The molecule has 0 saturated heterocycles. The van der Waals surface area contributed by atoms with Crippen molar-refractivity contribution in [2.24, 2.45) is 12.8 Å². The summed E-state index contributed by atoms with van der Waals surface area (Å²) >= 11 is 1.42. The lowest BCUT2D eigenvalue weighted by Crippen LogP contribution is -2.14. The first-order valence-corrected chi connectivity index (χ1v) is 8.34. The molecule has 0 bridgehead atoms. The Morgan fingerprint density at radius 2 is 2.08 bits per heavy atom. The first kappa shape index (κ1) is 17.0. The van der Waals surface area contributed by atoms with Crippen LogP contribution >= 0.6 is 11.8 Å². The van der Waals surface area contributed by atoms with Gasteiger partial charge < -0.3 is 10.5 Å². The Morgan fingerprint density at radius 1 is 1.28 bits per heavy atom. The van der Waals surface area contributed by atoms with Gasteiger partial charge in [0.2, 0.25) is 0 Å². The molecular formula is C17H17N5O2S. The summed E-state index contributed by atoms with van der Waals surface area (Å²) in [6, 6.07) is 7.38. The number of amides is 1. The van der Waals surface area contributed by atoms with Crippen LogP contribution in [0.25, 0.3) is 0 Å². The number of hydrogen-bond acceptors (Lipinski definition) is 6. The third-order valence-electron chi connectivity index (χ3n) is 3.58. The summed E-state index contributed by atoms with van der Waals surface area (Å²) in [7, 11) is 1.83. The van der Waals surface area contributed by atoms with Crippen molar-refractivity contribution in [1.29, 1.82) is 0 Å². The second kappa shape index (κ2) is 6.94. The average Bonchev–Trinajstić information content (AvgIpc) is 2.82. The van der Waals surface area contributed by atoms with Crippen LogP contribution in [0.2, 0.25) is 0 Å². The molecule has 0 spiro atoms. The Morgan fingerprint density at radius 3 is 2.68 bits per heavy atom. The molecule has 25 heavy (non-hydrogen) atoms. The molecule has 2 N–H and O–H groups in total. The number of nitrogens with two attached hydrogens (primary N) is 1. The van der Waals surface area contributed by atoms with E-state index >= 15 is 0 Å². The Bertz CT molecular complexity index is 924. The zero-order chi connectivity index (χ0) is 18.0. The predicted octanol–water partition coefficient (Wildman–Crippen LogP) is 2.87. The molecule has 0 aliphatic rings. The number of hydrogen-bond donors (Lipinski definition) is 1. The van der Waals surface area contributed by atoms with E-state index in [1.807, 2.05) is 39.1 Å². The SMILES string of the molecule is Cc1nn(C)c(C)c1Oc1cc(Sc2ccccn2)cnc1C(N)=O. The van der Waals surface area contributed by atoms with Crippen LogP contribution in [0.15, 0.2) is 46.6 Å². The largest absolute Gasteiger partial charge is 0.451 e. The molecule has 3 aromatic rings. The number of nitrogens with zero attached hydrogens (tertiary/aromatic N) is 4.